The highest BCUT2D eigenvalue weighted by atomic mass is 35.5. The zero-order valence-electron chi connectivity index (χ0n) is 18.2. The standard InChI is InChI=1S/C27H18ClN3O3S/c28-22-9-4-6-19-20(22)7-3-8-21(19)25(32)31-27(35)30-18-13-11-17(12-14-18)29-26(33)24-15-16-5-1-2-10-23(16)34-24/h1-15H,(H,29,33)(H2,30,31,32,35). The topological polar surface area (TPSA) is 83.4 Å². The van der Waals surface area contributed by atoms with Crippen LogP contribution in [0.15, 0.2) is 95.4 Å². The van der Waals surface area contributed by atoms with Crippen LogP contribution >= 0.6 is 23.8 Å². The van der Waals surface area contributed by atoms with Gasteiger partial charge in [-0.15, -0.1) is 0 Å². The Kier molecular flexibility index (Phi) is 6.18. The summed E-state index contributed by atoms with van der Waals surface area (Å²) in [5.41, 5.74) is 2.36. The maximum Gasteiger partial charge on any atom is 0.291 e. The van der Waals surface area contributed by atoms with Crippen LogP contribution in [0.4, 0.5) is 11.4 Å². The van der Waals surface area contributed by atoms with Crippen molar-refractivity contribution in [1.82, 2.24) is 5.32 Å². The van der Waals surface area contributed by atoms with Gasteiger partial charge in [-0.05, 0) is 66.1 Å². The van der Waals surface area contributed by atoms with Crippen molar-refractivity contribution in [3.63, 3.8) is 0 Å². The molecule has 3 N–H and O–H groups in total. The Labute approximate surface area is 210 Å². The Hall–Kier alpha value is -4.20. The number of hydrogen-bond donors (Lipinski definition) is 3. The van der Waals surface area contributed by atoms with Gasteiger partial charge in [-0.25, -0.2) is 0 Å². The third kappa shape index (κ3) is 4.87. The zero-order chi connectivity index (χ0) is 24.4. The van der Waals surface area contributed by atoms with Gasteiger partial charge in [0.05, 0.1) is 0 Å². The second kappa shape index (κ2) is 9.58. The number of amides is 2. The molecule has 0 aliphatic heterocycles. The van der Waals surface area contributed by atoms with Crippen LogP contribution in [0.5, 0.6) is 0 Å². The molecule has 4 aromatic carbocycles. The smallest absolute Gasteiger partial charge is 0.291 e. The number of rotatable bonds is 4. The summed E-state index contributed by atoms with van der Waals surface area (Å²) >= 11 is 11.6. The van der Waals surface area contributed by atoms with Crippen LogP contribution in [0.25, 0.3) is 21.7 Å². The average molecular weight is 500 g/mol. The molecular formula is C27H18ClN3O3S. The van der Waals surface area contributed by atoms with Gasteiger partial charge >= 0.3 is 0 Å². The number of furan rings is 1. The molecule has 0 saturated heterocycles. The maximum absolute atomic E-state index is 12.8. The Morgan fingerprint density at radius 3 is 2.20 bits per heavy atom. The van der Waals surface area contributed by atoms with E-state index in [0.29, 0.717) is 27.5 Å². The van der Waals surface area contributed by atoms with E-state index in [1.807, 2.05) is 36.4 Å². The van der Waals surface area contributed by atoms with Crippen LogP contribution in [0.1, 0.15) is 20.9 Å². The zero-order valence-corrected chi connectivity index (χ0v) is 19.7. The number of carbonyl (C=O) groups is 2. The van der Waals surface area contributed by atoms with Crippen molar-refractivity contribution in [3.05, 3.63) is 107 Å². The monoisotopic (exact) mass is 499 g/mol. The number of thiocarbonyl (C=S) groups is 1. The molecule has 0 bridgehead atoms. The van der Waals surface area contributed by atoms with Gasteiger partial charge < -0.3 is 15.1 Å². The van der Waals surface area contributed by atoms with E-state index < -0.39 is 0 Å². The van der Waals surface area contributed by atoms with E-state index in [1.165, 1.54) is 0 Å². The first-order chi connectivity index (χ1) is 17.0. The number of nitrogens with one attached hydrogen (secondary N) is 3. The predicted octanol–water partition coefficient (Wildman–Crippen LogP) is 6.62. The quantitative estimate of drug-likeness (QED) is 0.242. The Bertz CT molecular complexity index is 1560. The molecule has 8 heteroatoms. The molecule has 0 spiro atoms. The van der Waals surface area contributed by atoms with Crippen LogP contribution < -0.4 is 16.0 Å². The van der Waals surface area contributed by atoms with Crippen LogP contribution in [-0.4, -0.2) is 16.9 Å². The minimum Gasteiger partial charge on any atom is -0.451 e. The summed E-state index contributed by atoms with van der Waals surface area (Å²) < 4.78 is 5.60. The van der Waals surface area contributed by atoms with Gasteiger partial charge in [0.2, 0.25) is 0 Å². The summed E-state index contributed by atoms with van der Waals surface area (Å²) in [5, 5.41) is 11.6. The molecule has 0 aliphatic carbocycles. The summed E-state index contributed by atoms with van der Waals surface area (Å²) in [6.07, 6.45) is 0. The fourth-order valence-corrected chi connectivity index (χ4v) is 4.17. The minimum absolute atomic E-state index is 0.146. The highest BCUT2D eigenvalue weighted by Gasteiger charge is 2.14. The van der Waals surface area contributed by atoms with E-state index in [0.717, 1.165) is 16.2 Å². The molecule has 6 nitrogen and oxygen atoms in total. The van der Waals surface area contributed by atoms with Crippen molar-refractivity contribution in [2.75, 3.05) is 10.6 Å². The number of benzene rings is 4. The third-order valence-electron chi connectivity index (χ3n) is 5.39. The third-order valence-corrected chi connectivity index (χ3v) is 5.92. The Morgan fingerprint density at radius 1 is 0.743 bits per heavy atom. The van der Waals surface area contributed by atoms with Gasteiger partial charge in [-0.1, -0.05) is 54.1 Å². The van der Waals surface area contributed by atoms with E-state index in [1.54, 1.807) is 54.6 Å². The van der Waals surface area contributed by atoms with Gasteiger partial charge in [0, 0.05) is 32.7 Å². The molecule has 1 heterocycles. The Balaban J connectivity index is 1.22. The average Bonchev–Trinajstić information content (AvgIpc) is 3.30. The van der Waals surface area contributed by atoms with Crippen LogP contribution in [-0.2, 0) is 0 Å². The van der Waals surface area contributed by atoms with Crippen molar-refractivity contribution < 1.29 is 14.0 Å². The van der Waals surface area contributed by atoms with E-state index in [9.17, 15) is 9.59 Å². The van der Waals surface area contributed by atoms with Gasteiger partial charge in [0.1, 0.15) is 5.58 Å². The summed E-state index contributed by atoms with van der Waals surface area (Å²) in [6.45, 7) is 0. The van der Waals surface area contributed by atoms with Crippen molar-refractivity contribution in [2.45, 2.75) is 0 Å². The molecule has 172 valence electrons. The molecule has 0 radical (unpaired) electrons. The SMILES string of the molecule is O=C(Nc1ccc(NC(=S)NC(=O)c2cccc3c(Cl)cccc23)cc1)c1cc2ccccc2o1. The van der Waals surface area contributed by atoms with Gasteiger partial charge in [0.15, 0.2) is 10.9 Å². The van der Waals surface area contributed by atoms with E-state index in [4.69, 9.17) is 28.2 Å². The molecule has 35 heavy (non-hydrogen) atoms. The molecule has 2 amide bonds. The summed E-state index contributed by atoms with van der Waals surface area (Å²) in [7, 11) is 0. The molecular weight excluding hydrogens is 482 g/mol. The van der Waals surface area contributed by atoms with Crippen molar-refractivity contribution >= 4 is 73.9 Å². The fraction of sp³-hybridized carbons (Fsp3) is 0. The number of fused-ring (bicyclic) bond motifs is 2. The number of hydrogen-bond acceptors (Lipinski definition) is 4. The van der Waals surface area contributed by atoms with Gasteiger partial charge in [0.25, 0.3) is 11.8 Å². The number of halogens is 1. The van der Waals surface area contributed by atoms with Crippen molar-refractivity contribution in [1.29, 1.82) is 0 Å². The molecule has 1 aromatic heterocycles. The second-order valence-corrected chi connectivity index (χ2v) is 8.54. The normalized spacial score (nSPS) is 10.8. The highest BCUT2D eigenvalue weighted by Crippen LogP contribution is 2.26. The fourth-order valence-electron chi connectivity index (χ4n) is 3.73. The molecule has 0 fully saturated rings. The first-order valence-electron chi connectivity index (χ1n) is 10.7. The summed E-state index contributed by atoms with van der Waals surface area (Å²) in [5.74, 6) is -0.461. The number of para-hydroxylation sites is 1. The van der Waals surface area contributed by atoms with Crippen molar-refractivity contribution in [3.8, 4) is 0 Å². The molecule has 0 aliphatic rings. The van der Waals surface area contributed by atoms with E-state index in [-0.39, 0.29) is 22.7 Å². The Morgan fingerprint density at radius 2 is 1.43 bits per heavy atom. The molecule has 5 aromatic rings. The van der Waals surface area contributed by atoms with E-state index >= 15 is 0 Å². The molecule has 5 rings (SSSR count). The molecule has 0 atom stereocenters. The van der Waals surface area contributed by atoms with Crippen LogP contribution in [0.3, 0.4) is 0 Å². The maximum atomic E-state index is 12.8. The number of anilines is 2. The van der Waals surface area contributed by atoms with E-state index in [2.05, 4.69) is 16.0 Å². The predicted molar refractivity (Wildman–Crippen MR) is 143 cm³/mol. The first kappa shape index (κ1) is 22.6. The lowest BCUT2D eigenvalue weighted by molar-refractivity contribution is 0.0976. The lowest BCUT2D eigenvalue weighted by Crippen LogP contribution is -2.34. The van der Waals surface area contributed by atoms with Gasteiger partial charge in [-0.2, -0.15) is 0 Å². The highest BCUT2D eigenvalue weighted by molar-refractivity contribution is 7.80. The molecule has 0 saturated carbocycles. The molecule has 0 unspecified atom stereocenters. The second-order valence-electron chi connectivity index (χ2n) is 7.73. The first-order valence-corrected chi connectivity index (χ1v) is 11.5. The lowest BCUT2D eigenvalue weighted by atomic mass is 10.0. The van der Waals surface area contributed by atoms with Crippen molar-refractivity contribution in [2.24, 2.45) is 0 Å². The summed E-state index contributed by atoms with van der Waals surface area (Å²) in [4.78, 5) is 25.3. The van der Waals surface area contributed by atoms with Crippen LogP contribution in [0, 0.1) is 0 Å². The lowest BCUT2D eigenvalue weighted by Gasteiger charge is -2.12. The van der Waals surface area contributed by atoms with Crippen LogP contribution in [0.2, 0.25) is 5.02 Å². The van der Waals surface area contributed by atoms with Gasteiger partial charge in [-0.3, -0.25) is 14.9 Å². The largest absolute Gasteiger partial charge is 0.451 e. The number of carbonyl (C=O) groups excluding carboxylic acids is 2. The minimum atomic E-state index is -0.347. The summed E-state index contributed by atoms with van der Waals surface area (Å²) in [6, 6.07) is 26.8.